The molecule has 0 radical (unpaired) electrons. The van der Waals surface area contributed by atoms with E-state index in [0.717, 1.165) is 13.0 Å². The van der Waals surface area contributed by atoms with Gasteiger partial charge in [0, 0.05) is 25.1 Å². The fourth-order valence-corrected chi connectivity index (χ4v) is 3.17. The van der Waals surface area contributed by atoms with Crippen LogP contribution in [0.2, 0.25) is 0 Å². The molecule has 1 saturated carbocycles. The highest BCUT2D eigenvalue weighted by atomic mass is 32.1. The molecule has 0 spiro atoms. The maximum atomic E-state index is 5.25. The molecule has 2 rings (SSSR count). The molecule has 1 aromatic rings. The van der Waals surface area contributed by atoms with Crippen LogP contribution in [0.3, 0.4) is 0 Å². The van der Waals surface area contributed by atoms with Crippen molar-refractivity contribution in [2.75, 3.05) is 13.7 Å². The molecule has 1 aliphatic rings. The first-order valence-corrected chi connectivity index (χ1v) is 7.65. The summed E-state index contributed by atoms with van der Waals surface area (Å²) in [7, 11) is 1.76. The second-order valence-corrected chi connectivity index (χ2v) is 6.58. The highest BCUT2D eigenvalue weighted by Crippen LogP contribution is 2.33. The Balaban J connectivity index is 2.14. The van der Waals surface area contributed by atoms with Crippen LogP contribution in [-0.2, 0) is 10.3 Å². The maximum absolute atomic E-state index is 5.25. The molecule has 102 valence electrons. The maximum Gasteiger partial charge on any atom is 0.113 e. The molecule has 3 nitrogen and oxygen atoms in total. The second kappa shape index (κ2) is 5.68. The van der Waals surface area contributed by atoms with Crippen LogP contribution in [0.15, 0.2) is 5.38 Å². The van der Waals surface area contributed by atoms with Crippen LogP contribution in [0.5, 0.6) is 0 Å². The quantitative estimate of drug-likeness (QED) is 0.824. The summed E-state index contributed by atoms with van der Waals surface area (Å²) in [6, 6.07) is 0.679. The topological polar surface area (TPSA) is 34.1 Å². The molecule has 0 bridgehead atoms. The first-order chi connectivity index (χ1) is 8.55. The summed E-state index contributed by atoms with van der Waals surface area (Å²) >= 11 is 1.78. The summed E-state index contributed by atoms with van der Waals surface area (Å²) < 4.78 is 5.25. The summed E-state index contributed by atoms with van der Waals surface area (Å²) in [5.74, 6) is 0.502. The molecular weight excluding hydrogens is 244 g/mol. The summed E-state index contributed by atoms with van der Waals surface area (Å²) in [6.45, 7) is 7.42. The van der Waals surface area contributed by atoms with E-state index in [9.17, 15) is 0 Å². The van der Waals surface area contributed by atoms with Gasteiger partial charge in [0.2, 0.25) is 0 Å². The van der Waals surface area contributed by atoms with Gasteiger partial charge in [-0.2, -0.15) is 0 Å². The van der Waals surface area contributed by atoms with Gasteiger partial charge in [0.05, 0.1) is 11.2 Å². The van der Waals surface area contributed by atoms with Gasteiger partial charge in [0.25, 0.3) is 0 Å². The largest absolute Gasteiger partial charge is 0.385 e. The zero-order valence-electron chi connectivity index (χ0n) is 11.8. The van der Waals surface area contributed by atoms with Gasteiger partial charge in [0.15, 0.2) is 0 Å². The molecule has 0 saturated heterocycles. The molecular formula is C14H24N2OS. The van der Waals surface area contributed by atoms with E-state index in [1.165, 1.54) is 23.5 Å². The molecule has 0 aliphatic heterocycles. The SMILES string of the molecule is COCCC(C)(NC1CC1)c1nc(C(C)C)cs1. The minimum atomic E-state index is -0.0328. The minimum Gasteiger partial charge on any atom is -0.385 e. The van der Waals surface area contributed by atoms with Crippen molar-refractivity contribution in [1.29, 1.82) is 0 Å². The van der Waals surface area contributed by atoms with E-state index in [4.69, 9.17) is 9.72 Å². The van der Waals surface area contributed by atoms with Crippen molar-refractivity contribution in [3.8, 4) is 0 Å². The van der Waals surface area contributed by atoms with Crippen molar-refractivity contribution in [2.45, 2.75) is 57.5 Å². The van der Waals surface area contributed by atoms with Gasteiger partial charge in [-0.3, -0.25) is 0 Å². The second-order valence-electron chi connectivity index (χ2n) is 5.73. The Hall–Kier alpha value is -0.450. The van der Waals surface area contributed by atoms with Crippen LogP contribution in [0.1, 0.15) is 56.7 Å². The van der Waals surface area contributed by atoms with Crippen LogP contribution in [-0.4, -0.2) is 24.7 Å². The van der Waals surface area contributed by atoms with Crippen LogP contribution in [0, 0.1) is 0 Å². The van der Waals surface area contributed by atoms with Gasteiger partial charge >= 0.3 is 0 Å². The third kappa shape index (κ3) is 3.31. The number of hydrogen-bond acceptors (Lipinski definition) is 4. The molecule has 0 aromatic carbocycles. The van der Waals surface area contributed by atoms with Crippen LogP contribution < -0.4 is 5.32 Å². The predicted octanol–water partition coefficient (Wildman–Crippen LogP) is 3.27. The van der Waals surface area contributed by atoms with Crippen molar-refractivity contribution in [3.05, 3.63) is 16.1 Å². The lowest BCUT2D eigenvalue weighted by atomic mass is 9.98. The summed E-state index contributed by atoms with van der Waals surface area (Å²) in [6.07, 6.45) is 3.57. The normalized spacial score (nSPS) is 19.2. The van der Waals surface area contributed by atoms with E-state index in [0.29, 0.717) is 12.0 Å². The third-order valence-corrected chi connectivity index (χ3v) is 4.62. The molecule has 1 unspecified atom stereocenters. The molecule has 1 N–H and O–H groups in total. The number of hydrogen-bond donors (Lipinski definition) is 1. The van der Waals surface area contributed by atoms with Gasteiger partial charge in [-0.15, -0.1) is 11.3 Å². The van der Waals surface area contributed by atoms with E-state index in [-0.39, 0.29) is 5.54 Å². The monoisotopic (exact) mass is 268 g/mol. The van der Waals surface area contributed by atoms with Crippen molar-refractivity contribution >= 4 is 11.3 Å². The number of methoxy groups -OCH3 is 1. The Labute approximate surface area is 114 Å². The minimum absolute atomic E-state index is 0.0328. The highest BCUT2D eigenvalue weighted by Gasteiger charge is 2.35. The van der Waals surface area contributed by atoms with Gasteiger partial charge in [0.1, 0.15) is 5.01 Å². The molecule has 0 amide bonds. The van der Waals surface area contributed by atoms with E-state index < -0.39 is 0 Å². The lowest BCUT2D eigenvalue weighted by Crippen LogP contribution is -2.42. The number of thiazole rings is 1. The third-order valence-electron chi connectivity index (χ3n) is 3.49. The van der Waals surface area contributed by atoms with E-state index in [1.54, 1.807) is 18.4 Å². The van der Waals surface area contributed by atoms with Crippen molar-refractivity contribution in [3.63, 3.8) is 0 Å². The Kier molecular flexibility index (Phi) is 4.41. The standard InChI is InChI=1S/C14H24N2OS/c1-10(2)12-9-18-13(15-12)14(3,7-8-17-4)16-11-5-6-11/h9-11,16H,5-8H2,1-4H3. The van der Waals surface area contributed by atoms with Gasteiger partial charge in [-0.05, 0) is 32.1 Å². The Morgan fingerprint density at radius 1 is 1.56 bits per heavy atom. The molecule has 4 heteroatoms. The zero-order valence-corrected chi connectivity index (χ0v) is 12.6. The smallest absolute Gasteiger partial charge is 0.113 e. The Morgan fingerprint density at radius 2 is 2.28 bits per heavy atom. The van der Waals surface area contributed by atoms with E-state index in [2.05, 4.69) is 31.5 Å². The zero-order chi connectivity index (χ0) is 13.2. The number of ether oxygens (including phenoxy) is 1. The summed E-state index contributed by atoms with van der Waals surface area (Å²) in [4.78, 5) is 4.82. The fraction of sp³-hybridized carbons (Fsp3) is 0.786. The molecule has 1 aliphatic carbocycles. The first kappa shape index (κ1) is 14.0. The molecule has 18 heavy (non-hydrogen) atoms. The summed E-state index contributed by atoms with van der Waals surface area (Å²) in [5.41, 5.74) is 1.17. The highest BCUT2D eigenvalue weighted by molar-refractivity contribution is 7.09. The van der Waals surface area contributed by atoms with Crippen molar-refractivity contribution in [1.82, 2.24) is 10.3 Å². The average molecular weight is 268 g/mol. The van der Waals surface area contributed by atoms with Crippen LogP contribution in [0.25, 0.3) is 0 Å². The predicted molar refractivity (Wildman–Crippen MR) is 76.2 cm³/mol. The van der Waals surface area contributed by atoms with Crippen molar-refractivity contribution < 1.29 is 4.74 Å². The Morgan fingerprint density at radius 3 is 2.78 bits per heavy atom. The number of aromatic nitrogens is 1. The molecule has 1 aromatic heterocycles. The average Bonchev–Trinajstić information content (AvgIpc) is 2.98. The molecule has 1 heterocycles. The van der Waals surface area contributed by atoms with Crippen LogP contribution in [0.4, 0.5) is 0 Å². The van der Waals surface area contributed by atoms with Gasteiger partial charge in [-0.25, -0.2) is 4.98 Å². The lowest BCUT2D eigenvalue weighted by Gasteiger charge is -2.29. The molecule has 1 atom stereocenters. The van der Waals surface area contributed by atoms with E-state index in [1.807, 2.05) is 0 Å². The summed E-state index contributed by atoms with van der Waals surface area (Å²) in [5, 5.41) is 7.14. The van der Waals surface area contributed by atoms with Gasteiger partial charge < -0.3 is 10.1 Å². The van der Waals surface area contributed by atoms with Gasteiger partial charge in [-0.1, -0.05) is 13.8 Å². The number of nitrogens with zero attached hydrogens (tertiary/aromatic N) is 1. The number of nitrogens with one attached hydrogen (secondary N) is 1. The lowest BCUT2D eigenvalue weighted by molar-refractivity contribution is 0.158. The first-order valence-electron chi connectivity index (χ1n) is 6.77. The number of rotatable bonds is 7. The Bertz CT molecular complexity index is 387. The van der Waals surface area contributed by atoms with Crippen LogP contribution >= 0.6 is 11.3 Å². The van der Waals surface area contributed by atoms with Crippen molar-refractivity contribution in [2.24, 2.45) is 0 Å². The fourth-order valence-electron chi connectivity index (χ4n) is 2.03. The molecule has 1 fully saturated rings. The van der Waals surface area contributed by atoms with E-state index >= 15 is 0 Å².